The Labute approximate surface area is 120 Å². The lowest BCUT2D eigenvalue weighted by Crippen LogP contribution is -2.55. The molecule has 0 bridgehead atoms. The van der Waals surface area contributed by atoms with E-state index >= 15 is 0 Å². The van der Waals surface area contributed by atoms with Crippen LogP contribution in [0.15, 0.2) is 24.3 Å². The minimum absolute atomic E-state index is 0.149. The molecule has 1 aromatic carbocycles. The maximum absolute atomic E-state index is 13.8. The van der Waals surface area contributed by atoms with Crippen LogP contribution in [0.5, 0.6) is 0 Å². The first-order valence-corrected chi connectivity index (χ1v) is 7.11. The number of hydrogen-bond donors (Lipinski definition) is 1. The number of carbonyl (C=O) groups excluding carboxylic acids is 1. The molecule has 1 aromatic rings. The summed E-state index contributed by atoms with van der Waals surface area (Å²) in [6, 6.07) is 6.67. The number of carbonyl (C=O) groups is 1. The second kappa shape index (κ2) is 7.39. The molecule has 0 aromatic heterocycles. The van der Waals surface area contributed by atoms with Gasteiger partial charge in [-0.1, -0.05) is 25.1 Å². The number of nitrogens with one attached hydrogen (secondary N) is 1. The zero-order valence-corrected chi connectivity index (χ0v) is 12.7. The molecule has 112 valence electrons. The van der Waals surface area contributed by atoms with Crippen LogP contribution in [0.3, 0.4) is 0 Å². The summed E-state index contributed by atoms with van der Waals surface area (Å²) in [5.74, 6) is -0.641. The smallest absolute Gasteiger partial charge is 0.326 e. The first-order chi connectivity index (χ1) is 9.42. The molecule has 0 radical (unpaired) electrons. The van der Waals surface area contributed by atoms with E-state index in [4.69, 9.17) is 4.74 Å². The van der Waals surface area contributed by atoms with Crippen molar-refractivity contribution in [2.45, 2.75) is 52.1 Å². The topological polar surface area (TPSA) is 38.3 Å². The number of esters is 1. The van der Waals surface area contributed by atoms with Crippen molar-refractivity contribution in [3.8, 4) is 0 Å². The van der Waals surface area contributed by atoms with Gasteiger partial charge >= 0.3 is 5.97 Å². The summed E-state index contributed by atoms with van der Waals surface area (Å²) in [6.07, 6.45) is 1.15. The minimum atomic E-state index is -0.923. The fourth-order valence-electron chi connectivity index (χ4n) is 2.14. The fraction of sp³-hybridized carbons (Fsp3) is 0.562. The number of halogens is 1. The molecule has 0 fully saturated rings. The van der Waals surface area contributed by atoms with Gasteiger partial charge in [-0.05, 0) is 38.8 Å². The molecule has 0 saturated heterocycles. The summed E-state index contributed by atoms with van der Waals surface area (Å²) in [5, 5.41) is 3.26. The Morgan fingerprint density at radius 2 is 2.05 bits per heavy atom. The SMILES string of the molecule is CCOC(=O)C(C)(Cc1ccccc1F)NC(C)CC. The Hall–Kier alpha value is -1.42. The molecule has 0 aliphatic heterocycles. The standard InChI is InChI=1S/C16H24FNO2/c1-5-12(3)18-16(4,15(19)20-6-2)11-13-9-7-8-10-14(13)17/h7-10,12,18H,5-6,11H2,1-4H3. The second-order valence-corrected chi connectivity index (χ2v) is 5.27. The van der Waals surface area contributed by atoms with Gasteiger partial charge in [-0.25, -0.2) is 4.39 Å². The van der Waals surface area contributed by atoms with Crippen LogP contribution in [0.25, 0.3) is 0 Å². The zero-order chi connectivity index (χ0) is 15.2. The molecule has 4 heteroatoms. The number of hydrogen-bond acceptors (Lipinski definition) is 3. The van der Waals surface area contributed by atoms with Gasteiger partial charge in [0.15, 0.2) is 0 Å². The maximum atomic E-state index is 13.8. The lowest BCUT2D eigenvalue weighted by molar-refractivity contribution is -0.150. The van der Waals surface area contributed by atoms with E-state index in [-0.39, 0.29) is 24.2 Å². The van der Waals surface area contributed by atoms with Gasteiger partial charge in [-0.15, -0.1) is 0 Å². The van der Waals surface area contributed by atoms with Gasteiger partial charge in [-0.2, -0.15) is 0 Å². The summed E-state index contributed by atoms with van der Waals surface area (Å²) in [5.41, 5.74) is -0.410. The van der Waals surface area contributed by atoms with Gasteiger partial charge in [0.05, 0.1) is 6.61 Å². The first kappa shape index (κ1) is 16.6. The first-order valence-electron chi connectivity index (χ1n) is 7.11. The zero-order valence-electron chi connectivity index (χ0n) is 12.7. The van der Waals surface area contributed by atoms with E-state index in [1.54, 1.807) is 32.0 Å². The number of benzene rings is 1. The molecule has 20 heavy (non-hydrogen) atoms. The Kier molecular flexibility index (Phi) is 6.14. The molecule has 0 heterocycles. The highest BCUT2D eigenvalue weighted by atomic mass is 19.1. The average molecular weight is 281 g/mol. The van der Waals surface area contributed by atoms with Gasteiger partial charge in [0.25, 0.3) is 0 Å². The lowest BCUT2D eigenvalue weighted by atomic mass is 9.91. The Balaban J connectivity index is 2.98. The molecule has 0 aliphatic carbocycles. The number of rotatable bonds is 7. The molecular formula is C16H24FNO2. The van der Waals surface area contributed by atoms with Gasteiger partial charge < -0.3 is 4.74 Å². The molecular weight excluding hydrogens is 257 g/mol. The summed E-state index contributed by atoms with van der Waals surface area (Å²) in [7, 11) is 0. The predicted octanol–water partition coefficient (Wildman–Crippen LogP) is 3.08. The van der Waals surface area contributed by atoms with E-state index in [0.717, 1.165) is 6.42 Å². The van der Waals surface area contributed by atoms with Crippen LogP contribution in [-0.2, 0) is 16.0 Å². The molecule has 0 saturated carbocycles. The van der Waals surface area contributed by atoms with Crippen molar-refractivity contribution in [1.29, 1.82) is 0 Å². The van der Waals surface area contributed by atoms with Gasteiger partial charge in [0.2, 0.25) is 0 Å². The lowest BCUT2D eigenvalue weighted by Gasteiger charge is -2.31. The van der Waals surface area contributed by atoms with E-state index in [0.29, 0.717) is 12.2 Å². The quantitative estimate of drug-likeness (QED) is 0.781. The van der Waals surface area contributed by atoms with Crippen molar-refractivity contribution in [3.05, 3.63) is 35.6 Å². The molecule has 0 amide bonds. The van der Waals surface area contributed by atoms with E-state index in [1.165, 1.54) is 6.07 Å². The highest BCUT2D eigenvalue weighted by molar-refractivity contribution is 5.80. The third kappa shape index (κ3) is 4.30. The molecule has 0 spiro atoms. The van der Waals surface area contributed by atoms with E-state index in [2.05, 4.69) is 5.32 Å². The molecule has 2 atom stereocenters. The van der Waals surface area contributed by atoms with E-state index in [1.807, 2.05) is 13.8 Å². The van der Waals surface area contributed by atoms with Gasteiger partial charge in [0, 0.05) is 12.5 Å². The summed E-state index contributed by atoms with van der Waals surface area (Å²) in [4.78, 5) is 12.2. The van der Waals surface area contributed by atoms with Crippen LogP contribution in [0.2, 0.25) is 0 Å². The Bertz CT molecular complexity index is 450. The van der Waals surface area contributed by atoms with Crippen molar-refractivity contribution in [1.82, 2.24) is 5.32 Å². The van der Waals surface area contributed by atoms with E-state index < -0.39 is 5.54 Å². The summed E-state index contributed by atoms with van der Waals surface area (Å²) in [6.45, 7) is 7.88. The van der Waals surface area contributed by atoms with Crippen LogP contribution in [-0.4, -0.2) is 24.2 Å². The van der Waals surface area contributed by atoms with Crippen molar-refractivity contribution < 1.29 is 13.9 Å². The highest BCUT2D eigenvalue weighted by Gasteiger charge is 2.36. The molecule has 1 rings (SSSR count). The molecule has 2 unspecified atom stereocenters. The van der Waals surface area contributed by atoms with Crippen LogP contribution < -0.4 is 5.32 Å². The fourth-order valence-corrected chi connectivity index (χ4v) is 2.14. The number of ether oxygens (including phenoxy) is 1. The normalized spacial score (nSPS) is 15.4. The third-order valence-electron chi connectivity index (χ3n) is 3.41. The van der Waals surface area contributed by atoms with Crippen molar-refractivity contribution in [2.24, 2.45) is 0 Å². The van der Waals surface area contributed by atoms with Crippen LogP contribution in [0.4, 0.5) is 4.39 Å². The van der Waals surface area contributed by atoms with Gasteiger partial charge in [0.1, 0.15) is 11.4 Å². The highest BCUT2D eigenvalue weighted by Crippen LogP contribution is 2.19. The van der Waals surface area contributed by atoms with E-state index in [9.17, 15) is 9.18 Å². The molecule has 3 nitrogen and oxygen atoms in total. The third-order valence-corrected chi connectivity index (χ3v) is 3.41. The second-order valence-electron chi connectivity index (χ2n) is 5.27. The summed E-state index contributed by atoms with van der Waals surface area (Å²) < 4.78 is 18.9. The van der Waals surface area contributed by atoms with Crippen LogP contribution in [0, 0.1) is 5.82 Å². The predicted molar refractivity (Wildman–Crippen MR) is 78.0 cm³/mol. The summed E-state index contributed by atoms with van der Waals surface area (Å²) >= 11 is 0. The Morgan fingerprint density at radius 1 is 1.40 bits per heavy atom. The van der Waals surface area contributed by atoms with Crippen molar-refractivity contribution in [3.63, 3.8) is 0 Å². The molecule has 1 N–H and O–H groups in total. The minimum Gasteiger partial charge on any atom is -0.465 e. The Morgan fingerprint density at radius 3 is 2.60 bits per heavy atom. The molecule has 0 aliphatic rings. The van der Waals surface area contributed by atoms with Crippen LogP contribution >= 0.6 is 0 Å². The van der Waals surface area contributed by atoms with Gasteiger partial charge in [-0.3, -0.25) is 10.1 Å². The largest absolute Gasteiger partial charge is 0.465 e. The van der Waals surface area contributed by atoms with Crippen molar-refractivity contribution in [2.75, 3.05) is 6.61 Å². The average Bonchev–Trinajstić information content (AvgIpc) is 2.41. The maximum Gasteiger partial charge on any atom is 0.326 e. The van der Waals surface area contributed by atoms with Crippen LogP contribution in [0.1, 0.15) is 39.7 Å². The van der Waals surface area contributed by atoms with Crippen molar-refractivity contribution >= 4 is 5.97 Å². The monoisotopic (exact) mass is 281 g/mol.